The van der Waals surface area contributed by atoms with Crippen molar-refractivity contribution in [2.45, 2.75) is 33.4 Å². The molecule has 0 saturated carbocycles. The molecule has 0 aliphatic rings. The van der Waals surface area contributed by atoms with Gasteiger partial charge in [0.05, 0.1) is 5.52 Å². The molecule has 0 aliphatic carbocycles. The van der Waals surface area contributed by atoms with Crippen LogP contribution in [0.4, 0.5) is 5.69 Å². The second kappa shape index (κ2) is 9.03. The molecule has 6 nitrogen and oxygen atoms in total. The SMILES string of the molecule is CCN(C(=O)Cn1c(=O)n(CCc2cccs2)c(=O)c2sccc21)c1cccc(C)c1. The number of aromatic nitrogens is 2. The van der Waals surface area contributed by atoms with Gasteiger partial charge >= 0.3 is 5.69 Å². The van der Waals surface area contributed by atoms with Gasteiger partial charge in [0.15, 0.2) is 0 Å². The first-order valence-electron chi connectivity index (χ1n) is 10.1. The van der Waals surface area contributed by atoms with Crippen LogP contribution >= 0.6 is 22.7 Å². The number of nitrogens with zero attached hydrogens (tertiary/aromatic N) is 3. The Balaban J connectivity index is 1.71. The van der Waals surface area contributed by atoms with E-state index in [2.05, 4.69) is 0 Å². The van der Waals surface area contributed by atoms with Crippen molar-refractivity contribution in [3.05, 3.63) is 84.5 Å². The van der Waals surface area contributed by atoms with Crippen molar-refractivity contribution in [1.82, 2.24) is 9.13 Å². The molecule has 8 heteroatoms. The summed E-state index contributed by atoms with van der Waals surface area (Å²) in [6, 6.07) is 13.4. The highest BCUT2D eigenvalue weighted by Gasteiger charge is 2.20. The fourth-order valence-electron chi connectivity index (χ4n) is 3.68. The van der Waals surface area contributed by atoms with Crippen LogP contribution in [0, 0.1) is 6.92 Å². The number of hydrogen-bond donors (Lipinski definition) is 0. The minimum absolute atomic E-state index is 0.118. The van der Waals surface area contributed by atoms with Crippen LogP contribution in [0.25, 0.3) is 10.2 Å². The molecule has 4 rings (SSSR count). The Bertz CT molecular complexity index is 1330. The monoisotopic (exact) mass is 453 g/mol. The predicted molar refractivity (Wildman–Crippen MR) is 128 cm³/mol. The molecule has 0 fully saturated rings. The summed E-state index contributed by atoms with van der Waals surface area (Å²) in [5.41, 5.74) is 1.64. The summed E-state index contributed by atoms with van der Waals surface area (Å²) in [6.07, 6.45) is 0.599. The van der Waals surface area contributed by atoms with Gasteiger partial charge in [-0.2, -0.15) is 0 Å². The summed E-state index contributed by atoms with van der Waals surface area (Å²) in [5, 5.41) is 3.76. The van der Waals surface area contributed by atoms with Crippen molar-refractivity contribution >= 4 is 44.5 Å². The zero-order valence-electron chi connectivity index (χ0n) is 17.4. The highest BCUT2D eigenvalue weighted by atomic mass is 32.1. The topological polar surface area (TPSA) is 64.3 Å². The molecule has 0 radical (unpaired) electrons. The zero-order chi connectivity index (χ0) is 22.0. The van der Waals surface area contributed by atoms with Gasteiger partial charge in [0.1, 0.15) is 11.2 Å². The fourth-order valence-corrected chi connectivity index (χ4v) is 5.22. The largest absolute Gasteiger partial charge is 0.332 e. The van der Waals surface area contributed by atoms with E-state index in [0.29, 0.717) is 23.2 Å². The van der Waals surface area contributed by atoms with E-state index in [1.807, 2.05) is 55.6 Å². The van der Waals surface area contributed by atoms with Crippen LogP contribution in [0.2, 0.25) is 0 Å². The van der Waals surface area contributed by atoms with Crippen molar-refractivity contribution in [2.24, 2.45) is 0 Å². The van der Waals surface area contributed by atoms with E-state index < -0.39 is 5.69 Å². The van der Waals surface area contributed by atoms with Crippen LogP contribution < -0.4 is 16.1 Å². The van der Waals surface area contributed by atoms with Crippen LogP contribution in [0.5, 0.6) is 0 Å². The molecule has 0 saturated heterocycles. The Morgan fingerprint density at radius 3 is 2.58 bits per heavy atom. The van der Waals surface area contributed by atoms with Crippen molar-refractivity contribution in [2.75, 3.05) is 11.4 Å². The van der Waals surface area contributed by atoms with E-state index in [9.17, 15) is 14.4 Å². The highest BCUT2D eigenvalue weighted by Crippen LogP contribution is 2.19. The molecule has 3 heterocycles. The summed E-state index contributed by atoms with van der Waals surface area (Å²) in [7, 11) is 0. The molecule has 1 amide bonds. The van der Waals surface area contributed by atoms with Gasteiger partial charge in [0.25, 0.3) is 5.56 Å². The molecule has 160 valence electrons. The Morgan fingerprint density at radius 1 is 1.03 bits per heavy atom. The van der Waals surface area contributed by atoms with Gasteiger partial charge in [-0.25, -0.2) is 4.79 Å². The normalized spacial score (nSPS) is 11.2. The van der Waals surface area contributed by atoms with E-state index in [1.165, 1.54) is 20.5 Å². The number of anilines is 1. The van der Waals surface area contributed by atoms with Crippen LogP contribution in [0.3, 0.4) is 0 Å². The third-order valence-electron chi connectivity index (χ3n) is 5.22. The van der Waals surface area contributed by atoms with E-state index >= 15 is 0 Å². The number of fused-ring (bicyclic) bond motifs is 1. The summed E-state index contributed by atoms with van der Waals surface area (Å²) >= 11 is 2.90. The fraction of sp³-hybridized carbons (Fsp3) is 0.261. The Hall–Kier alpha value is -2.97. The molecule has 0 N–H and O–H groups in total. The first kappa shape index (κ1) is 21.3. The maximum Gasteiger partial charge on any atom is 0.332 e. The lowest BCUT2D eigenvalue weighted by Gasteiger charge is -2.22. The second-order valence-electron chi connectivity index (χ2n) is 7.27. The lowest BCUT2D eigenvalue weighted by molar-refractivity contribution is -0.119. The number of rotatable bonds is 7. The smallest absolute Gasteiger partial charge is 0.311 e. The van der Waals surface area contributed by atoms with E-state index in [-0.39, 0.29) is 24.6 Å². The second-order valence-corrected chi connectivity index (χ2v) is 9.22. The highest BCUT2D eigenvalue weighted by molar-refractivity contribution is 7.17. The molecule has 0 spiro atoms. The molecular formula is C23H23N3O3S2. The van der Waals surface area contributed by atoms with Crippen LogP contribution in [-0.4, -0.2) is 21.6 Å². The molecule has 1 aromatic carbocycles. The average Bonchev–Trinajstić information content (AvgIpc) is 3.44. The van der Waals surface area contributed by atoms with Gasteiger partial charge in [0, 0.05) is 23.7 Å². The Kier molecular flexibility index (Phi) is 6.20. The standard InChI is InChI=1S/C23H23N3O3S2/c1-3-24(17-7-4-6-16(2)14-17)20(27)15-26-19-10-13-31-21(19)22(28)25(23(26)29)11-9-18-8-5-12-30-18/h4-8,10,12-14H,3,9,11,15H2,1-2H3. The third kappa shape index (κ3) is 4.26. The number of hydrogen-bond acceptors (Lipinski definition) is 5. The van der Waals surface area contributed by atoms with Crippen molar-refractivity contribution < 1.29 is 4.79 Å². The predicted octanol–water partition coefficient (Wildman–Crippen LogP) is 3.89. The van der Waals surface area contributed by atoms with Crippen LogP contribution in [-0.2, 0) is 24.3 Å². The van der Waals surface area contributed by atoms with Gasteiger partial charge < -0.3 is 4.90 Å². The number of thiophene rings is 2. The summed E-state index contributed by atoms with van der Waals surface area (Å²) in [4.78, 5) is 42.2. The lowest BCUT2D eigenvalue weighted by Crippen LogP contribution is -2.43. The van der Waals surface area contributed by atoms with E-state index in [1.54, 1.807) is 27.7 Å². The number of benzene rings is 1. The molecule has 3 aromatic heterocycles. The van der Waals surface area contributed by atoms with Gasteiger partial charge in [-0.3, -0.25) is 18.7 Å². The van der Waals surface area contributed by atoms with Crippen LogP contribution in [0.15, 0.2) is 62.8 Å². The number of carbonyl (C=O) groups is 1. The van der Waals surface area contributed by atoms with Crippen molar-refractivity contribution in [3.63, 3.8) is 0 Å². The molecule has 4 aromatic rings. The van der Waals surface area contributed by atoms with Gasteiger partial charge in [0.2, 0.25) is 5.91 Å². The maximum absolute atomic E-state index is 13.3. The summed E-state index contributed by atoms with van der Waals surface area (Å²) < 4.78 is 3.19. The Labute approximate surface area is 187 Å². The Morgan fingerprint density at radius 2 is 1.87 bits per heavy atom. The molecule has 0 unspecified atom stereocenters. The minimum atomic E-state index is -0.443. The van der Waals surface area contributed by atoms with Crippen molar-refractivity contribution in [1.29, 1.82) is 0 Å². The minimum Gasteiger partial charge on any atom is -0.311 e. The quantitative estimate of drug-likeness (QED) is 0.426. The first-order valence-corrected chi connectivity index (χ1v) is 11.9. The number of likely N-dealkylation sites (N-methyl/N-ethyl adjacent to an activating group) is 1. The third-order valence-corrected chi connectivity index (χ3v) is 7.05. The molecule has 0 aliphatic heterocycles. The first-order chi connectivity index (χ1) is 15.0. The average molecular weight is 454 g/mol. The maximum atomic E-state index is 13.3. The number of aryl methyl sites for hydroxylation is 2. The van der Waals surface area contributed by atoms with Gasteiger partial charge in [-0.15, -0.1) is 22.7 Å². The molecular weight excluding hydrogens is 430 g/mol. The lowest BCUT2D eigenvalue weighted by atomic mass is 10.2. The molecule has 0 atom stereocenters. The van der Waals surface area contributed by atoms with Gasteiger partial charge in [-0.05, 0) is 60.9 Å². The van der Waals surface area contributed by atoms with Crippen LogP contribution in [0.1, 0.15) is 17.4 Å². The number of amides is 1. The number of carbonyl (C=O) groups excluding carboxylic acids is 1. The summed E-state index contributed by atoms with van der Waals surface area (Å²) in [5.74, 6) is -0.189. The zero-order valence-corrected chi connectivity index (χ0v) is 19.0. The summed E-state index contributed by atoms with van der Waals surface area (Å²) in [6.45, 7) is 4.54. The van der Waals surface area contributed by atoms with E-state index in [4.69, 9.17) is 0 Å². The van der Waals surface area contributed by atoms with Crippen molar-refractivity contribution in [3.8, 4) is 0 Å². The molecule has 0 bridgehead atoms. The van der Waals surface area contributed by atoms with E-state index in [0.717, 1.165) is 16.1 Å². The molecule has 31 heavy (non-hydrogen) atoms. The van der Waals surface area contributed by atoms with Gasteiger partial charge in [-0.1, -0.05) is 18.2 Å².